The molecule has 2 aromatic rings. The van der Waals surface area contributed by atoms with Crippen LogP contribution < -0.4 is 5.32 Å². The van der Waals surface area contributed by atoms with Crippen molar-refractivity contribution in [3.63, 3.8) is 0 Å². The lowest BCUT2D eigenvalue weighted by atomic mass is 10.1. The maximum Gasteiger partial charge on any atom is 0.256 e. The summed E-state index contributed by atoms with van der Waals surface area (Å²) in [5.41, 5.74) is 2.90. The maximum absolute atomic E-state index is 13.3. The molecule has 5 heteroatoms. The van der Waals surface area contributed by atoms with E-state index in [1.165, 1.54) is 18.2 Å². The first-order valence-corrected chi connectivity index (χ1v) is 7.50. The third kappa shape index (κ3) is 3.27. The molecule has 0 spiro atoms. The van der Waals surface area contributed by atoms with Gasteiger partial charge in [0.15, 0.2) is 0 Å². The van der Waals surface area contributed by atoms with E-state index in [4.69, 9.17) is 0 Å². The van der Waals surface area contributed by atoms with Crippen molar-refractivity contribution in [2.75, 3.05) is 5.32 Å². The van der Waals surface area contributed by atoms with Crippen molar-refractivity contribution in [3.8, 4) is 0 Å². The van der Waals surface area contributed by atoms with Crippen molar-refractivity contribution in [2.45, 2.75) is 13.8 Å². The van der Waals surface area contributed by atoms with Gasteiger partial charge in [0.2, 0.25) is 0 Å². The van der Waals surface area contributed by atoms with Crippen LogP contribution in [0, 0.1) is 19.7 Å². The summed E-state index contributed by atoms with van der Waals surface area (Å²) < 4.78 is 14.8. The Morgan fingerprint density at radius 1 is 1.10 bits per heavy atom. The molecule has 0 heterocycles. The quantitative estimate of drug-likeness (QED) is 0.735. The SMILES string of the molecule is Cc1cc(Br)cc(C)c1NC(=O)c1cc(F)ccc1Br. The van der Waals surface area contributed by atoms with Crippen LogP contribution in [0.5, 0.6) is 0 Å². The number of hydrogen-bond acceptors (Lipinski definition) is 1. The van der Waals surface area contributed by atoms with Crippen molar-refractivity contribution < 1.29 is 9.18 Å². The Balaban J connectivity index is 2.35. The van der Waals surface area contributed by atoms with E-state index in [1.54, 1.807) is 0 Å². The molecule has 0 unspecified atom stereocenters. The number of halogens is 3. The second kappa shape index (κ2) is 6.06. The molecule has 104 valence electrons. The van der Waals surface area contributed by atoms with Crippen molar-refractivity contribution in [1.82, 2.24) is 0 Å². The van der Waals surface area contributed by atoms with Gasteiger partial charge in [-0.25, -0.2) is 4.39 Å². The topological polar surface area (TPSA) is 29.1 Å². The summed E-state index contributed by atoms with van der Waals surface area (Å²) in [6.45, 7) is 3.82. The predicted molar refractivity (Wildman–Crippen MR) is 85.7 cm³/mol. The van der Waals surface area contributed by atoms with E-state index >= 15 is 0 Å². The molecule has 20 heavy (non-hydrogen) atoms. The van der Waals surface area contributed by atoms with Gasteiger partial charge in [-0.15, -0.1) is 0 Å². The highest BCUT2D eigenvalue weighted by atomic mass is 79.9. The van der Waals surface area contributed by atoms with E-state index in [0.29, 0.717) is 4.47 Å². The third-order valence-corrected chi connectivity index (χ3v) is 4.06. The van der Waals surface area contributed by atoms with Gasteiger partial charge >= 0.3 is 0 Å². The van der Waals surface area contributed by atoms with Crippen LogP contribution in [0.25, 0.3) is 0 Å². The minimum absolute atomic E-state index is 0.270. The Kier molecular flexibility index (Phi) is 4.60. The zero-order valence-electron chi connectivity index (χ0n) is 10.9. The minimum Gasteiger partial charge on any atom is -0.321 e. The van der Waals surface area contributed by atoms with Crippen LogP contribution in [-0.2, 0) is 0 Å². The molecule has 0 saturated heterocycles. The van der Waals surface area contributed by atoms with Crippen LogP contribution in [0.4, 0.5) is 10.1 Å². The molecule has 0 saturated carbocycles. The molecule has 0 aliphatic heterocycles. The fraction of sp³-hybridized carbons (Fsp3) is 0.133. The normalized spacial score (nSPS) is 10.4. The molecule has 0 atom stereocenters. The molecule has 2 nitrogen and oxygen atoms in total. The molecular formula is C15H12Br2FNO. The summed E-state index contributed by atoms with van der Waals surface area (Å²) in [6, 6.07) is 7.87. The van der Waals surface area contributed by atoms with E-state index in [2.05, 4.69) is 37.2 Å². The predicted octanol–water partition coefficient (Wildman–Crippen LogP) is 5.22. The summed E-state index contributed by atoms with van der Waals surface area (Å²) >= 11 is 6.67. The molecule has 0 aromatic heterocycles. The highest BCUT2D eigenvalue weighted by Crippen LogP contribution is 2.26. The first-order valence-electron chi connectivity index (χ1n) is 5.91. The van der Waals surface area contributed by atoms with E-state index in [1.807, 2.05) is 26.0 Å². The lowest BCUT2D eigenvalue weighted by Crippen LogP contribution is -2.14. The average Bonchev–Trinajstić information content (AvgIpc) is 2.36. The number of aryl methyl sites for hydroxylation is 2. The van der Waals surface area contributed by atoms with Gasteiger partial charge in [-0.1, -0.05) is 15.9 Å². The number of hydrogen-bond donors (Lipinski definition) is 1. The van der Waals surface area contributed by atoms with E-state index in [0.717, 1.165) is 21.3 Å². The van der Waals surface area contributed by atoms with Gasteiger partial charge in [-0.2, -0.15) is 0 Å². The third-order valence-electron chi connectivity index (χ3n) is 2.91. The molecule has 2 aromatic carbocycles. The van der Waals surface area contributed by atoms with Crippen LogP contribution in [0.2, 0.25) is 0 Å². The first kappa shape index (κ1) is 15.2. The van der Waals surface area contributed by atoms with Crippen LogP contribution >= 0.6 is 31.9 Å². The molecular weight excluding hydrogens is 389 g/mol. The first-order chi connectivity index (χ1) is 9.38. The fourth-order valence-electron chi connectivity index (χ4n) is 1.96. The highest BCUT2D eigenvalue weighted by Gasteiger charge is 2.14. The average molecular weight is 401 g/mol. The number of nitrogens with one attached hydrogen (secondary N) is 1. The monoisotopic (exact) mass is 399 g/mol. The number of benzene rings is 2. The second-order valence-corrected chi connectivity index (χ2v) is 6.26. The fourth-order valence-corrected chi connectivity index (χ4v) is 3.07. The van der Waals surface area contributed by atoms with Crippen LogP contribution in [-0.4, -0.2) is 5.91 Å². The number of anilines is 1. The summed E-state index contributed by atoms with van der Waals surface area (Å²) in [5, 5.41) is 2.83. The summed E-state index contributed by atoms with van der Waals surface area (Å²) in [7, 11) is 0. The molecule has 1 N–H and O–H groups in total. The number of carbonyl (C=O) groups excluding carboxylic acids is 1. The molecule has 0 aliphatic rings. The Morgan fingerprint density at radius 3 is 2.30 bits per heavy atom. The maximum atomic E-state index is 13.3. The Labute approximate surface area is 133 Å². The molecule has 0 fully saturated rings. The zero-order valence-corrected chi connectivity index (χ0v) is 14.1. The summed E-state index contributed by atoms with van der Waals surface area (Å²) in [5.74, 6) is -0.785. The molecule has 0 aliphatic carbocycles. The number of rotatable bonds is 2. The minimum atomic E-state index is -0.442. The highest BCUT2D eigenvalue weighted by molar-refractivity contribution is 9.10. The van der Waals surface area contributed by atoms with Crippen LogP contribution in [0.3, 0.4) is 0 Å². The molecule has 0 bridgehead atoms. The van der Waals surface area contributed by atoms with Gasteiger partial charge in [-0.3, -0.25) is 4.79 Å². The van der Waals surface area contributed by atoms with E-state index < -0.39 is 5.82 Å². The second-order valence-electron chi connectivity index (χ2n) is 4.49. The van der Waals surface area contributed by atoms with Gasteiger partial charge in [0.05, 0.1) is 5.56 Å². The van der Waals surface area contributed by atoms with Crippen molar-refractivity contribution >= 4 is 43.5 Å². The van der Waals surface area contributed by atoms with Gasteiger partial charge in [0.25, 0.3) is 5.91 Å². The van der Waals surface area contributed by atoms with Gasteiger partial charge in [0, 0.05) is 14.6 Å². The lowest BCUT2D eigenvalue weighted by molar-refractivity contribution is 0.102. The smallest absolute Gasteiger partial charge is 0.256 e. The summed E-state index contributed by atoms with van der Waals surface area (Å²) in [4.78, 5) is 12.3. The largest absolute Gasteiger partial charge is 0.321 e. The lowest BCUT2D eigenvalue weighted by Gasteiger charge is -2.13. The zero-order chi connectivity index (χ0) is 14.9. The molecule has 0 radical (unpaired) electrons. The summed E-state index contributed by atoms with van der Waals surface area (Å²) in [6.07, 6.45) is 0. The van der Waals surface area contributed by atoms with Gasteiger partial charge in [0.1, 0.15) is 5.82 Å². The van der Waals surface area contributed by atoms with E-state index in [-0.39, 0.29) is 11.5 Å². The molecule has 1 amide bonds. The van der Waals surface area contributed by atoms with Crippen molar-refractivity contribution in [3.05, 3.63) is 61.8 Å². The Morgan fingerprint density at radius 2 is 1.70 bits per heavy atom. The standard InChI is InChI=1S/C15H12Br2FNO/c1-8-5-10(16)6-9(2)14(8)19-15(20)12-7-11(18)3-4-13(12)17/h3-7H,1-2H3,(H,19,20). The van der Waals surface area contributed by atoms with Crippen molar-refractivity contribution in [1.29, 1.82) is 0 Å². The van der Waals surface area contributed by atoms with Crippen molar-refractivity contribution in [2.24, 2.45) is 0 Å². The van der Waals surface area contributed by atoms with Gasteiger partial charge < -0.3 is 5.32 Å². The van der Waals surface area contributed by atoms with Crippen LogP contribution in [0.1, 0.15) is 21.5 Å². The number of carbonyl (C=O) groups is 1. The Hall–Kier alpha value is -1.20. The Bertz CT molecular complexity index is 663. The number of amides is 1. The molecule has 2 rings (SSSR count). The van der Waals surface area contributed by atoms with Crippen LogP contribution in [0.15, 0.2) is 39.3 Å². The van der Waals surface area contributed by atoms with E-state index in [9.17, 15) is 9.18 Å². The van der Waals surface area contributed by atoms with Gasteiger partial charge in [-0.05, 0) is 71.2 Å².